The van der Waals surface area contributed by atoms with Crippen LogP contribution in [-0.2, 0) is 9.59 Å². The Balaban J connectivity index is 1.82. The van der Waals surface area contributed by atoms with Crippen LogP contribution in [0, 0.1) is 0 Å². The van der Waals surface area contributed by atoms with Crippen molar-refractivity contribution < 1.29 is 14.3 Å². The van der Waals surface area contributed by atoms with Crippen LogP contribution in [0.2, 0.25) is 5.02 Å². The van der Waals surface area contributed by atoms with E-state index in [1.165, 1.54) is 0 Å². The van der Waals surface area contributed by atoms with Gasteiger partial charge < -0.3 is 15.4 Å². The largest absolute Gasteiger partial charge is 0.497 e. The molecule has 1 fully saturated rings. The summed E-state index contributed by atoms with van der Waals surface area (Å²) in [7, 11) is 1.59. The molecule has 2 amide bonds. The molecule has 8 heteroatoms. The zero-order valence-corrected chi connectivity index (χ0v) is 16.4. The molecule has 0 saturated carbocycles. The maximum absolute atomic E-state index is 13.0. The molecule has 2 heterocycles. The smallest absolute Gasteiger partial charge is 0.264 e. The number of hydrogen-bond acceptors (Lipinski definition) is 5. The molecule has 0 aromatic heterocycles. The van der Waals surface area contributed by atoms with Crippen LogP contribution in [0.25, 0.3) is 0 Å². The van der Waals surface area contributed by atoms with Crippen LogP contribution in [-0.4, -0.2) is 35.3 Å². The minimum Gasteiger partial charge on any atom is -0.497 e. The highest BCUT2D eigenvalue weighted by Crippen LogP contribution is 2.43. The van der Waals surface area contributed by atoms with Gasteiger partial charge in [0, 0.05) is 23.1 Å². The number of nitrogens with zero attached hydrogens (tertiary/aromatic N) is 1. The minimum absolute atomic E-state index is 0.0106. The number of hydrogen-bond donors (Lipinski definition) is 2. The first-order chi connectivity index (χ1) is 13.4. The highest BCUT2D eigenvalue weighted by atomic mass is 35.5. The number of rotatable bonds is 3. The van der Waals surface area contributed by atoms with E-state index in [2.05, 4.69) is 15.6 Å². The Morgan fingerprint density at radius 1 is 1.07 bits per heavy atom. The second-order valence-electron chi connectivity index (χ2n) is 6.60. The zero-order valence-electron chi connectivity index (χ0n) is 14.9. The summed E-state index contributed by atoms with van der Waals surface area (Å²) in [6.07, 6.45) is 0.418. The van der Waals surface area contributed by atoms with E-state index >= 15 is 0 Å². The lowest BCUT2D eigenvalue weighted by atomic mass is 9.77. The lowest BCUT2D eigenvalue weighted by Gasteiger charge is -2.34. The highest BCUT2D eigenvalue weighted by Gasteiger charge is 2.59. The molecule has 0 radical (unpaired) electrons. The minimum atomic E-state index is -1.62. The monoisotopic (exact) mass is 413 g/mol. The maximum atomic E-state index is 13.0. The lowest BCUT2D eigenvalue weighted by molar-refractivity contribution is -0.137. The van der Waals surface area contributed by atoms with E-state index in [1.807, 2.05) is 36.4 Å². The van der Waals surface area contributed by atoms with Gasteiger partial charge in [0.05, 0.1) is 7.11 Å². The van der Waals surface area contributed by atoms with Crippen molar-refractivity contribution in [3.8, 4) is 5.75 Å². The van der Waals surface area contributed by atoms with Gasteiger partial charge in [-0.15, -0.1) is 0 Å². The number of ether oxygens (including phenoxy) is 1. The molecule has 2 aliphatic rings. The molecular weight excluding hydrogens is 398 g/mol. The molecule has 1 saturated heterocycles. The number of methoxy groups -OCH3 is 1. The normalized spacial score (nSPS) is 20.6. The molecule has 1 atom stereocenters. The van der Waals surface area contributed by atoms with E-state index in [0.717, 1.165) is 11.1 Å². The average Bonchev–Trinajstić information content (AvgIpc) is 3.09. The third-order valence-corrected chi connectivity index (χ3v) is 5.51. The van der Waals surface area contributed by atoms with Gasteiger partial charge in [-0.1, -0.05) is 23.7 Å². The molecular formula is C20H16ClN3O3S. The van der Waals surface area contributed by atoms with Crippen LogP contribution >= 0.6 is 23.8 Å². The number of carbonyl (C=O) groups is 2. The number of aliphatic imine (C=N–C) groups is 1. The molecule has 6 nitrogen and oxygen atoms in total. The lowest BCUT2D eigenvalue weighted by Crippen LogP contribution is -2.66. The van der Waals surface area contributed by atoms with Gasteiger partial charge in [-0.05, 0) is 59.7 Å². The van der Waals surface area contributed by atoms with Crippen LogP contribution in [0.5, 0.6) is 5.75 Å². The van der Waals surface area contributed by atoms with Gasteiger partial charge in [-0.25, -0.2) is 0 Å². The van der Waals surface area contributed by atoms with Crippen molar-refractivity contribution in [1.82, 2.24) is 10.6 Å². The summed E-state index contributed by atoms with van der Waals surface area (Å²) in [5.41, 5.74) is 0.673. The van der Waals surface area contributed by atoms with Gasteiger partial charge in [0.25, 0.3) is 11.8 Å². The number of carbonyl (C=O) groups excluding carboxylic acids is 2. The fraction of sp³-hybridized carbons (Fsp3) is 0.200. The van der Waals surface area contributed by atoms with E-state index in [9.17, 15) is 9.59 Å². The summed E-state index contributed by atoms with van der Waals surface area (Å²) >= 11 is 11.0. The quantitative estimate of drug-likeness (QED) is 0.598. The predicted molar refractivity (Wildman–Crippen MR) is 110 cm³/mol. The van der Waals surface area contributed by atoms with Gasteiger partial charge in [0.1, 0.15) is 5.75 Å². The van der Waals surface area contributed by atoms with Crippen LogP contribution < -0.4 is 15.4 Å². The third-order valence-electron chi connectivity index (χ3n) is 5.06. The summed E-state index contributed by atoms with van der Waals surface area (Å²) in [5, 5.41) is 5.67. The van der Waals surface area contributed by atoms with Crippen molar-refractivity contribution in [2.45, 2.75) is 17.9 Å². The van der Waals surface area contributed by atoms with E-state index in [0.29, 0.717) is 22.9 Å². The molecule has 0 bridgehead atoms. The highest BCUT2D eigenvalue weighted by molar-refractivity contribution is 7.80. The van der Waals surface area contributed by atoms with Gasteiger partial charge >= 0.3 is 0 Å². The maximum Gasteiger partial charge on any atom is 0.264 e. The second-order valence-corrected chi connectivity index (χ2v) is 7.44. The second kappa shape index (κ2) is 7.00. The van der Waals surface area contributed by atoms with Crippen LogP contribution in [0.4, 0.5) is 0 Å². The van der Waals surface area contributed by atoms with E-state index in [1.54, 1.807) is 19.2 Å². The first-order valence-corrected chi connectivity index (χ1v) is 9.38. The van der Waals surface area contributed by atoms with E-state index in [-0.39, 0.29) is 5.11 Å². The molecule has 4 rings (SSSR count). The first-order valence-electron chi connectivity index (χ1n) is 8.59. The molecule has 1 unspecified atom stereocenters. The van der Waals surface area contributed by atoms with Crippen molar-refractivity contribution in [2.24, 2.45) is 4.99 Å². The van der Waals surface area contributed by atoms with Gasteiger partial charge in [-0.3, -0.25) is 14.6 Å². The van der Waals surface area contributed by atoms with Crippen LogP contribution in [0.1, 0.15) is 23.5 Å². The standard InChI is InChI=1S/C20H16ClN3O3S/c1-27-14-8-4-12(5-9-14)16-10-15(11-2-6-13(21)7-3-11)20(24-16)17(25)22-19(28)23-18(20)26/h2-9,15H,10H2,1H3,(H2,22,23,25,26,28). The molecule has 2 aliphatic heterocycles. The van der Waals surface area contributed by atoms with Crippen molar-refractivity contribution >= 4 is 46.5 Å². The van der Waals surface area contributed by atoms with Crippen molar-refractivity contribution in [1.29, 1.82) is 0 Å². The molecule has 142 valence electrons. The molecule has 2 aromatic rings. The van der Waals surface area contributed by atoms with E-state index in [4.69, 9.17) is 28.6 Å². The summed E-state index contributed by atoms with van der Waals surface area (Å²) < 4.78 is 5.19. The van der Waals surface area contributed by atoms with Crippen LogP contribution in [0.15, 0.2) is 53.5 Å². The predicted octanol–water partition coefficient (Wildman–Crippen LogP) is 2.59. The van der Waals surface area contributed by atoms with Crippen molar-refractivity contribution in [3.63, 3.8) is 0 Å². The Hall–Kier alpha value is -2.77. The molecule has 28 heavy (non-hydrogen) atoms. The molecule has 1 spiro atoms. The fourth-order valence-electron chi connectivity index (χ4n) is 3.65. The van der Waals surface area contributed by atoms with Gasteiger partial charge in [0.15, 0.2) is 5.11 Å². The van der Waals surface area contributed by atoms with Crippen molar-refractivity contribution in [3.05, 3.63) is 64.7 Å². The fourth-order valence-corrected chi connectivity index (χ4v) is 3.96. The Morgan fingerprint density at radius 2 is 1.68 bits per heavy atom. The summed E-state index contributed by atoms with van der Waals surface area (Å²) in [4.78, 5) is 30.5. The average molecular weight is 414 g/mol. The number of thiocarbonyl (C=S) groups is 1. The van der Waals surface area contributed by atoms with E-state index < -0.39 is 23.3 Å². The number of nitrogens with one attached hydrogen (secondary N) is 2. The van der Waals surface area contributed by atoms with Crippen molar-refractivity contribution in [2.75, 3.05) is 7.11 Å². The Kier molecular flexibility index (Phi) is 4.64. The Morgan fingerprint density at radius 3 is 2.25 bits per heavy atom. The number of benzene rings is 2. The molecule has 2 aromatic carbocycles. The van der Waals surface area contributed by atoms with Crippen LogP contribution in [0.3, 0.4) is 0 Å². The summed E-state index contributed by atoms with van der Waals surface area (Å²) in [6.45, 7) is 0. The third kappa shape index (κ3) is 2.96. The Bertz CT molecular complexity index is 982. The zero-order chi connectivity index (χ0) is 19.9. The first kappa shape index (κ1) is 18.6. The van der Waals surface area contributed by atoms with Gasteiger partial charge in [-0.2, -0.15) is 0 Å². The molecule has 2 N–H and O–H groups in total. The molecule has 0 aliphatic carbocycles. The number of amides is 2. The topological polar surface area (TPSA) is 79.8 Å². The summed E-state index contributed by atoms with van der Waals surface area (Å²) in [6, 6.07) is 14.5. The summed E-state index contributed by atoms with van der Waals surface area (Å²) in [5.74, 6) is -0.816. The number of halogens is 1. The SMILES string of the molecule is COc1ccc(C2=NC3(C(=O)NC(=S)NC3=O)C(c3ccc(Cl)cc3)C2)cc1. The Labute approximate surface area is 171 Å². The van der Waals surface area contributed by atoms with Gasteiger partial charge in [0.2, 0.25) is 5.54 Å².